The molecule has 0 aromatic heterocycles. The van der Waals surface area contributed by atoms with Gasteiger partial charge in [-0.3, -0.25) is 0 Å². The van der Waals surface area contributed by atoms with Crippen LogP contribution in [0, 0.1) is 5.82 Å². The Labute approximate surface area is 103 Å². The summed E-state index contributed by atoms with van der Waals surface area (Å²) in [6, 6.07) is 9.62. The lowest BCUT2D eigenvalue weighted by molar-refractivity contribution is 0.631. The lowest BCUT2D eigenvalue weighted by atomic mass is 10.0. The van der Waals surface area contributed by atoms with Gasteiger partial charge in [-0.15, -0.1) is 0 Å². The van der Waals surface area contributed by atoms with Gasteiger partial charge in [0.1, 0.15) is 5.82 Å². The van der Waals surface area contributed by atoms with E-state index >= 15 is 0 Å². The molecule has 16 heavy (non-hydrogen) atoms. The lowest BCUT2D eigenvalue weighted by Gasteiger charge is -2.06. The maximum absolute atomic E-state index is 13.7. The van der Waals surface area contributed by atoms with Crippen LogP contribution in [0.4, 0.5) is 10.1 Å². The highest BCUT2D eigenvalue weighted by molar-refractivity contribution is 6.33. The molecular weight excluding hydrogens is 248 g/mol. The van der Waals surface area contributed by atoms with Crippen molar-refractivity contribution >= 4 is 28.9 Å². The molecule has 0 saturated heterocycles. The topological polar surface area (TPSA) is 26.0 Å². The molecule has 0 atom stereocenters. The molecule has 0 aliphatic carbocycles. The molecule has 0 fully saturated rings. The number of anilines is 1. The Kier molecular flexibility index (Phi) is 3.03. The average molecular weight is 256 g/mol. The van der Waals surface area contributed by atoms with Crippen molar-refractivity contribution in [1.29, 1.82) is 0 Å². The largest absolute Gasteiger partial charge is 0.398 e. The first kappa shape index (κ1) is 11.2. The molecule has 0 spiro atoms. The molecule has 0 heterocycles. The molecule has 2 rings (SSSR count). The zero-order valence-corrected chi connectivity index (χ0v) is 9.69. The fourth-order valence-electron chi connectivity index (χ4n) is 1.44. The van der Waals surface area contributed by atoms with E-state index in [1.807, 2.05) is 0 Å². The van der Waals surface area contributed by atoms with Gasteiger partial charge in [0.2, 0.25) is 0 Å². The normalized spacial score (nSPS) is 10.4. The van der Waals surface area contributed by atoms with Crippen LogP contribution >= 0.6 is 23.2 Å². The summed E-state index contributed by atoms with van der Waals surface area (Å²) in [4.78, 5) is 0. The molecule has 0 amide bonds. The number of nitrogens with two attached hydrogens (primary N) is 1. The van der Waals surface area contributed by atoms with Crippen molar-refractivity contribution in [2.45, 2.75) is 0 Å². The minimum Gasteiger partial charge on any atom is -0.398 e. The number of rotatable bonds is 1. The highest BCUT2D eigenvalue weighted by atomic mass is 35.5. The Morgan fingerprint density at radius 2 is 1.81 bits per heavy atom. The van der Waals surface area contributed by atoms with E-state index in [1.165, 1.54) is 12.1 Å². The molecule has 2 N–H and O–H groups in total. The zero-order chi connectivity index (χ0) is 11.7. The Morgan fingerprint density at radius 3 is 2.50 bits per heavy atom. The minimum atomic E-state index is -0.415. The summed E-state index contributed by atoms with van der Waals surface area (Å²) in [7, 11) is 0. The van der Waals surface area contributed by atoms with Crippen LogP contribution in [-0.2, 0) is 0 Å². The third-order valence-electron chi connectivity index (χ3n) is 2.22. The van der Waals surface area contributed by atoms with Gasteiger partial charge in [0.15, 0.2) is 0 Å². The quantitative estimate of drug-likeness (QED) is 0.752. The fourth-order valence-corrected chi connectivity index (χ4v) is 1.78. The van der Waals surface area contributed by atoms with E-state index in [9.17, 15) is 4.39 Å². The van der Waals surface area contributed by atoms with Gasteiger partial charge in [-0.2, -0.15) is 0 Å². The van der Waals surface area contributed by atoms with Crippen LogP contribution in [0.2, 0.25) is 10.0 Å². The second-order valence-corrected chi connectivity index (χ2v) is 4.21. The van der Waals surface area contributed by atoms with Crippen LogP contribution in [0.1, 0.15) is 0 Å². The first-order chi connectivity index (χ1) is 7.58. The van der Waals surface area contributed by atoms with Gasteiger partial charge in [-0.1, -0.05) is 35.3 Å². The van der Waals surface area contributed by atoms with E-state index in [0.29, 0.717) is 21.8 Å². The molecule has 2 aromatic rings. The van der Waals surface area contributed by atoms with Crippen LogP contribution in [0.5, 0.6) is 0 Å². The van der Waals surface area contributed by atoms with Gasteiger partial charge in [0, 0.05) is 10.6 Å². The van der Waals surface area contributed by atoms with E-state index < -0.39 is 5.82 Å². The standard InChI is InChI=1S/C12H8Cl2FN/c13-8-3-1-2-7(4-8)9-5-12(16)10(14)6-11(9)15/h1-6H,16H2. The summed E-state index contributed by atoms with van der Waals surface area (Å²) in [5.41, 5.74) is 7.05. The summed E-state index contributed by atoms with van der Waals surface area (Å²) >= 11 is 11.6. The van der Waals surface area contributed by atoms with E-state index in [0.717, 1.165) is 0 Å². The molecule has 82 valence electrons. The molecule has 2 aromatic carbocycles. The van der Waals surface area contributed by atoms with Gasteiger partial charge in [0.25, 0.3) is 0 Å². The third kappa shape index (κ3) is 2.13. The van der Waals surface area contributed by atoms with E-state index in [4.69, 9.17) is 28.9 Å². The van der Waals surface area contributed by atoms with Crippen LogP contribution in [-0.4, -0.2) is 0 Å². The summed E-state index contributed by atoms with van der Waals surface area (Å²) < 4.78 is 13.7. The smallest absolute Gasteiger partial charge is 0.132 e. The number of halogens is 3. The first-order valence-corrected chi connectivity index (χ1v) is 5.34. The second-order valence-electron chi connectivity index (χ2n) is 3.36. The van der Waals surface area contributed by atoms with Gasteiger partial charge in [-0.25, -0.2) is 4.39 Å². The van der Waals surface area contributed by atoms with Crippen molar-refractivity contribution in [3.8, 4) is 11.1 Å². The predicted molar refractivity (Wildman–Crippen MR) is 66.3 cm³/mol. The highest BCUT2D eigenvalue weighted by Crippen LogP contribution is 2.30. The van der Waals surface area contributed by atoms with E-state index in [-0.39, 0.29) is 5.02 Å². The molecule has 0 bridgehead atoms. The maximum Gasteiger partial charge on any atom is 0.132 e. The van der Waals surface area contributed by atoms with Crippen molar-refractivity contribution in [3.05, 3.63) is 52.3 Å². The number of hydrogen-bond acceptors (Lipinski definition) is 1. The Hall–Kier alpha value is -1.25. The van der Waals surface area contributed by atoms with Crippen LogP contribution in [0.15, 0.2) is 36.4 Å². The molecule has 0 unspecified atom stereocenters. The van der Waals surface area contributed by atoms with Crippen LogP contribution in [0.3, 0.4) is 0 Å². The number of hydrogen-bond donors (Lipinski definition) is 1. The summed E-state index contributed by atoms with van der Waals surface area (Å²) in [5, 5.41) is 0.758. The number of benzene rings is 2. The van der Waals surface area contributed by atoms with E-state index in [2.05, 4.69) is 0 Å². The molecule has 0 aliphatic rings. The predicted octanol–water partition coefficient (Wildman–Crippen LogP) is 4.38. The highest BCUT2D eigenvalue weighted by Gasteiger charge is 2.08. The molecule has 1 nitrogen and oxygen atoms in total. The summed E-state index contributed by atoms with van der Waals surface area (Å²) in [6.45, 7) is 0. The second kappa shape index (κ2) is 4.32. The molecule has 0 radical (unpaired) electrons. The Bertz CT molecular complexity index is 541. The summed E-state index contributed by atoms with van der Waals surface area (Å²) in [5.74, 6) is -0.415. The maximum atomic E-state index is 13.7. The van der Waals surface area contributed by atoms with Crippen molar-refractivity contribution in [2.24, 2.45) is 0 Å². The van der Waals surface area contributed by atoms with Crippen LogP contribution < -0.4 is 5.73 Å². The monoisotopic (exact) mass is 255 g/mol. The van der Waals surface area contributed by atoms with Crippen molar-refractivity contribution in [2.75, 3.05) is 5.73 Å². The van der Waals surface area contributed by atoms with E-state index in [1.54, 1.807) is 24.3 Å². The minimum absolute atomic E-state index is 0.211. The summed E-state index contributed by atoms with van der Waals surface area (Å²) in [6.07, 6.45) is 0. The average Bonchev–Trinajstić information content (AvgIpc) is 2.23. The lowest BCUT2D eigenvalue weighted by Crippen LogP contribution is -1.91. The van der Waals surface area contributed by atoms with Crippen molar-refractivity contribution in [3.63, 3.8) is 0 Å². The van der Waals surface area contributed by atoms with Gasteiger partial charge in [-0.05, 0) is 29.8 Å². The van der Waals surface area contributed by atoms with Crippen molar-refractivity contribution < 1.29 is 4.39 Å². The Morgan fingerprint density at radius 1 is 1.06 bits per heavy atom. The zero-order valence-electron chi connectivity index (χ0n) is 8.18. The van der Waals surface area contributed by atoms with Crippen molar-refractivity contribution in [1.82, 2.24) is 0 Å². The molecular formula is C12H8Cl2FN. The first-order valence-electron chi connectivity index (χ1n) is 4.58. The molecule has 0 saturated carbocycles. The molecule has 0 aliphatic heterocycles. The third-order valence-corrected chi connectivity index (χ3v) is 2.78. The fraction of sp³-hybridized carbons (Fsp3) is 0. The van der Waals surface area contributed by atoms with Crippen LogP contribution in [0.25, 0.3) is 11.1 Å². The molecule has 4 heteroatoms. The van der Waals surface area contributed by atoms with Gasteiger partial charge >= 0.3 is 0 Å². The number of nitrogen functional groups attached to an aromatic ring is 1. The van der Waals surface area contributed by atoms with Gasteiger partial charge in [0.05, 0.1) is 10.7 Å². The SMILES string of the molecule is Nc1cc(-c2cccc(Cl)c2)c(F)cc1Cl. The van der Waals surface area contributed by atoms with Gasteiger partial charge < -0.3 is 5.73 Å². The Balaban J connectivity index is 2.60.